The van der Waals surface area contributed by atoms with Crippen LogP contribution in [0.3, 0.4) is 0 Å². The molecule has 0 aliphatic carbocycles. The highest BCUT2D eigenvalue weighted by Crippen LogP contribution is 2.33. The molecule has 0 N–H and O–H groups in total. The predicted molar refractivity (Wildman–Crippen MR) is 96.8 cm³/mol. The van der Waals surface area contributed by atoms with E-state index in [1.54, 1.807) is 12.4 Å². The molecule has 2 aromatic heterocycles. The maximum absolute atomic E-state index is 12.7. The molecule has 2 aromatic rings. The molecule has 2 aliphatic rings. The van der Waals surface area contributed by atoms with Gasteiger partial charge in [0.2, 0.25) is 5.91 Å². The van der Waals surface area contributed by atoms with Crippen LogP contribution in [0, 0.1) is 0 Å². The van der Waals surface area contributed by atoms with Gasteiger partial charge < -0.3 is 9.80 Å². The molecular weight excluding hydrogens is 336 g/mol. The normalized spacial score (nSPS) is 24.3. The van der Waals surface area contributed by atoms with Crippen molar-refractivity contribution in [2.45, 2.75) is 12.0 Å². The first-order valence-electron chi connectivity index (χ1n) is 8.32. The smallest absolute Gasteiger partial charge is 0.254 e. The van der Waals surface area contributed by atoms with E-state index in [0.29, 0.717) is 26.2 Å². The minimum absolute atomic E-state index is 0.0729. The molecule has 1 atom stereocenters. The number of nitrogens with zero attached hydrogens (tertiary/aromatic N) is 4. The molecule has 4 heterocycles. The van der Waals surface area contributed by atoms with Crippen LogP contribution in [0.4, 0.5) is 5.69 Å². The number of piperazine rings is 1. The second kappa shape index (κ2) is 6.24. The molecule has 1 unspecified atom stereocenters. The maximum Gasteiger partial charge on any atom is 0.254 e. The Morgan fingerprint density at radius 3 is 2.92 bits per heavy atom. The van der Waals surface area contributed by atoms with Crippen molar-refractivity contribution in [1.82, 2.24) is 14.8 Å². The van der Waals surface area contributed by atoms with Crippen molar-refractivity contribution in [3.63, 3.8) is 0 Å². The molecule has 25 heavy (non-hydrogen) atoms. The van der Waals surface area contributed by atoms with Crippen molar-refractivity contribution in [2.75, 3.05) is 38.1 Å². The van der Waals surface area contributed by atoms with Crippen LogP contribution in [-0.4, -0.2) is 65.4 Å². The average Bonchev–Trinajstić information content (AvgIpc) is 3.30. The van der Waals surface area contributed by atoms with Gasteiger partial charge in [-0.2, -0.15) is 11.3 Å². The van der Waals surface area contributed by atoms with Gasteiger partial charge in [0.1, 0.15) is 0 Å². The second-order valence-electron chi connectivity index (χ2n) is 6.76. The molecule has 130 valence electrons. The van der Waals surface area contributed by atoms with Crippen LogP contribution >= 0.6 is 11.3 Å². The molecule has 2 amide bonds. The quantitative estimate of drug-likeness (QED) is 0.822. The number of aromatic nitrogens is 1. The van der Waals surface area contributed by atoms with Gasteiger partial charge in [-0.1, -0.05) is 0 Å². The lowest BCUT2D eigenvalue weighted by Gasteiger charge is -2.46. The second-order valence-corrected chi connectivity index (χ2v) is 7.54. The van der Waals surface area contributed by atoms with Crippen molar-refractivity contribution in [3.8, 4) is 0 Å². The summed E-state index contributed by atoms with van der Waals surface area (Å²) in [4.78, 5) is 35.2. The number of carbonyl (C=O) groups excluding carboxylic acids is 2. The minimum Gasteiger partial charge on any atom is -0.337 e. The Morgan fingerprint density at radius 1 is 1.32 bits per heavy atom. The van der Waals surface area contributed by atoms with Gasteiger partial charge in [0.25, 0.3) is 5.91 Å². The van der Waals surface area contributed by atoms with Crippen molar-refractivity contribution < 1.29 is 9.59 Å². The van der Waals surface area contributed by atoms with Crippen LogP contribution in [-0.2, 0) is 4.79 Å². The molecule has 0 bridgehead atoms. The molecule has 0 radical (unpaired) electrons. The van der Waals surface area contributed by atoms with Gasteiger partial charge in [0, 0.05) is 31.2 Å². The number of thiophene rings is 1. The monoisotopic (exact) mass is 356 g/mol. The fourth-order valence-corrected chi connectivity index (χ4v) is 4.38. The van der Waals surface area contributed by atoms with E-state index in [9.17, 15) is 9.59 Å². The minimum atomic E-state index is -0.199. The summed E-state index contributed by atoms with van der Waals surface area (Å²) in [5.41, 5.74) is 1.37. The lowest BCUT2D eigenvalue weighted by Crippen LogP contribution is -2.64. The summed E-state index contributed by atoms with van der Waals surface area (Å²) in [6, 6.07) is 5.62. The first-order valence-corrected chi connectivity index (χ1v) is 9.26. The molecule has 2 saturated heterocycles. The lowest BCUT2D eigenvalue weighted by atomic mass is 9.92. The highest BCUT2D eigenvalue weighted by atomic mass is 32.1. The molecule has 7 heteroatoms. The third-order valence-corrected chi connectivity index (χ3v) is 5.96. The fraction of sp³-hybridized carbons (Fsp3) is 0.389. The molecule has 4 rings (SSSR count). The Balaban J connectivity index is 1.56. The van der Waals surface area contributed by atoms with Crippen molar-refractivity contribution in [2.24, 2.45) is 0 Å². The van der Waals surface area contributed by atoms with E-state index >= 15 is 0 Å². The Labute approximate surface area is 150 Å². The SMILES string of the molecule is CN1CC(=O)N(c2cccnc2)CC12CCN(C(=O)c1ccsc1)C2. The van der Waals surface area contributed by atoms with Crippen LogP contribution in [0.5, 0.6) is 0 Å². The fourth-order valence-electron chi connectivity index (χ4n) is 3.75. The number of hydrogen-bond acceptors (Lipinski definition) is 5. The van der Waals surface area contributed by atoms with Crippen LogP contribution in [0.1, 0.15) is 16.8 Å². The van der Waals surface area contributed by atoms with E-state index in [2.05, 4.69) is 9.88 Å². The van der Waals surface area contributed by atoms with Crippen LogP contribution in [0.15, 0.2) is 41.4 Å². The lowest BCUT2D eigenvalue weighted by molar-refractivity contribution is -0.123. The third-order valence-electron chi connectivity index (χ3n) is 5.28. The number of likely N-dealkylation sites (tertiary alicyclic amines) is 1. The Kier molecular flexibility index (Phi) is 4.05. The summed E-state index contributed by atoms with van der Waals surface area (Å²) in [6.45, 7) is 2.30. The zero-order valence-electron chi connectivity index (χ0n) is 14.1. The van der Waals surface area contributed by atoms with Crippen LogP contribution < -0.4 is 4.90 Å². The molecule has 1 spiro atoms. The highest BCUT2D eigenvalue weighted by molar-refractivity contribution is 7.08. The zero-order valence-corrected chi connectivity index (χ0v) is 14.9. The van der Waals surface area contributed by atoms with Gasteiger partial charge in [-0.3, -0.25) is 19.5 Å². The molecule has 6 nitrogen and oxygen atoms in total. The van der Waals surface area contributed by atoms with Crippen molar-refractivity contribution >= 4 is 28.8 Å². The molecule has 0 aromatic carbocycles. The van der Waals surface area contributed by atoms with Crippen LogP contribution in [0.2, 0.25) is 0 Å². The van der Waals surface area contributed by atoms with E-state index in [-0.39, 0.29) is 17.4 Å². The Morgan fingerprint density at radius 2 is 2.20 bits per heavy atom. The number of carbonyl (C=O) groups is 2. The summed E-state index contributed by atoms with van der Waals surface area (Å²) in [7, 11) is 1.98. The summed E-state index contributed by atoms with van der Waals surface area (Å²) in [6.07, 6.45) is 4.29. The molecule has 2 aliphatic heterocycles. The summed E-state index contributed by atoms with van der Waals surface area (Å²) >= 11 is 1.53. The number of pyridine rings is 1. The Hall–Kier alpha value is -2.25. The number of rotatable bonds is 2. The van der Waals surface area contributed by atoms with Crippen molar-refractivity contribution in [1.29, 1.82) is 0 Å². The van der Waals surface area contributed by atoms with Gasteiger partial charge in [0.15, 0.2) is 0 Å². The molecule has 0 saturated carbocycles. The largest absolute Gasteiger partial charge is 0.337 e. The van der Waals surface area contributed by atoms with Gasteiger partial charge >= 0.3 is 0 Å². The predicted octanol–water partition coefficient (Wildman–Crippen LogP) is 1.71. The average molecular weight is 356 g/mol. The van der Waals surface area contributed by atoms with E-state index in [1.807, 2.05) is 45.8 Å². The van der Waals surface area contributed by atoms with Gasteiger partial charge in [0.05, 0.1) is 29.5 Å². The molecule has 2 fully saturated rings. The zero-order chi connectivity index (χ0) is 17.4. The van der Waals surface area contributed by atoms with Gasteiger partial charge in [-0.15, -0.1) is 0 Å². The van der Waals surface area contributed by atoms with Gasteiger partial charge in [-0.05, 0) is 37.0 Å². The topological polar surface area (TPSA) is 56.8 Å². The van der Waals surface area contributed by atoms with Crippen molar-refractivity contribution in [3.05, 3.63) is 46.9 Å². The number of hydrogen-bond donors (Lipinski definition) is 0. The van der Waals surface area contributed by atoms with Gasteiger partial charge in [-0.25, -0.2) is 0 Å². The number of likely N-dealkylation sites (N-methyl/N-ethyl adjacent to an activating group) is 1. The number of amides is 2. The summed E-state index contributed by atoms with van der Waals surface area (Å²) in [5, 5.41) is 3.82. The highest BCUT2D eigenvalue weighted by Gasteiger charge is 2.48. The standard InChI is InChI=1S/C18H20N4O2S/c1-20-10-16(23)22(15-3-2-6-19-9-15)13-18(20)5-7-21(12-18)17(24)14-4-8-25-11-14/h2-4,6,8-9,11H,5,7,10,12-13H2,1H3. The van der Waals surface area contributed by atoms with E-state index in [0.717, 1.165) is 17.7 Å². The van der Waals surface area contributed by atoms with E-state index in [4.69, 9.17) is 0 Å². The van der Waals surface area contributed by atoms with E-state index < -0.39 is 0 Å². The van der Waals surface area contributed by atoms with Crippen LogP contribution in [0.25, 0.3) is 0 Å². The summed E-state index contributed by atoms with van der Waals surface area (Å²) < 4.78 is 0. The third kappa shape index (κ3) is 2.83. The maximum atomic E-state index is 12.7. The first kappa shape index (κ1) is 16.2. The molecular formula is C18H20N4O2S. The van der Waals surface area contributed by atoms with E-state index in [1.165, 1.54) is 11.3 Å². The number of anilines is 1. The first-order chi connectivity index (χ1) is 12.1. The Bertz CT molecular complexity index is 780. The summed E-state index contributed by atoms with van der Waals surface area (Å²) in [5.74, 6) is 0.153.